The summed E-state index contributed by atoms with van der Waals surface area (Å²) in [5, 5.41) is 8.63. The van der Waals surface area contributed by atoms with Gasteiger partial charge in [0.25, 0.3) is 0 Å². The van der Waals surface area contributed by atoms with Crippen LogP contribution in [0.1, 0.15) is 27.2 Å². The van der Waals surface area contributed by atoms with Gasteiger partial charge in [-0.05, 0) is 19.3 Å². The smallest absolute Gasteiger partial charge is 0.0443 e. The normalized spacial score (nSPS) is 36.3. The molecule has 1 saturated heterocycles. The van der Waals surface area contributed by atoms with Gasteiger partial charge in [-0.15, -0.1) is 0 Å². The molecule has 2 heteroatoms. The summed E-state index contributed by atoms with van der Waals surface area (Å²) in [5.41, 5.74) is 0. The number of aliphatic hydroxyl groups excluding tert-OH is 1. The number of nitrogens with zero attached hydrogens (tertiary/aromatic N) is 1. The maximum Gasteiger partial charge on any atom is 0.0443 e. The molecule has 0 amide bonds. The van der Waals surface area contributed by atoms with Crippen molar-refractivity contribution in [1.29, 1.82) is 0 Å². The van der Waals surface area contributed by atoms with Crippen molar-refractivity contribution in [3.05, 3.63) is 0 Å². The first-order valence-corrected chi connectivity index (χ1v) is 4.55. The monoisotopic (exact) mass is 157 g/mol. The van der Waals surface area contributed by atoms with Crippen molar-refractivity contribution in [2.45, 2.75) is 39.3 Å². The molecule has 0 aromatic carbocycles. The molecule has 1 heterocycles. The van der Waals surface area contributed by atoms with E-state index in [-0.39, 0.29) is 0 Å². The second-order valence-corrected chi connectivity index (χ2v) is 3.79. The molecular weight excluding hydrogens is 138 g/mol. The van der Waals surface area contributed by atoms with Gasteiger partial charge in [0.05, 0.1) is 0 Å². The van der Waals surface area contributed by atoms with Crippen LogP contribution < -0.4 is 0 Å². The Kier molecular flexibility index (Phi) is 2.90. The number of aliphatic hydroxyl groups is 1. The van der Waals surface area contributed by atoms with E-state index in [1.807, 2.05) is 0 Å². The van der Waals surface area contributed by atoms with Gasteiger partial charge in [-0.2, -0.15) is 0 Å². The van der Waals surface area contributed by atoms with E-state index < -0.39 is 0 Å². The highest BCUT2D eigenvalue weighted by Crippen LogP contribution is 2.33. The van der Waals surface area contributed by atoms with Crippen molar-refractivity contribution in [1.82, 2.24) is 4.90 Å². The lowest BCUT2D eigenvalue weighted by Crippen LogP contribution is -2.09. The number of rotatable bonds is 4. The van der Waals surface area contributed by atoms with Crippen LogP contribution >= 0.6 is 0 Å². The maximum absolute atomic E-state index is 8.63. The molecule has 11 heavy (non-hydrogen) atoms. The summed E-state index contributed by atoms with van der Waals surface area (Å²) >= 11 is 0. The average molecular weight is 157 g/mol. The Labute approximate surface area is 69.2 Å². The summed E-state index contributed by atoms with van der Waals surface area (Å²) in [4.78, 5) is 2.46. The van der Waals surface area contributed by atoms with Gasteiger partial charge in [0.1, 0.15) is 0 Å². The van der Waals surface area contributed by atoms with E-state index in [9.17, 15) is 0 Å². The van der Waals surface area contributed by atoms with Gasteiger partial charge in [-0.25, -0.2) is 0 Å². The third-order valence-electron chi connectivity index (χ3n) is 2.57. The van der Waals surface area contributed by atoms with E-state index in [4.69, 9.17) is 5.11 Å². The minimum atomic E-state index is 0.327. The van der Waals surface area contributed by atoms with Gasteiger partial charge in [0.15, 0.2) is 0 Å². The van der Waals surface area contributed by atoms with Crippen molar-refractivity contribution in [2.24, 2.45) is 5.92 Å². The molecule has 0 aromatic heterocycles. The molecule has 2 nitrogen and oxygen atoms in total. The zero-order chi connectivity index (χ0) is 8.43. The molecule has 66 valence electrons. The third-order valence-corrected chi connectivity index (χ3v) is 2.57. The minimum absolute atomic E-state index is 0.327. The quantitative estimate of drug-likeness (QED) is 0.618. The summed E-state index contributed by atoms with van der Waals surface area (Å²) in [6.45, 7) is 8.19. The van der Waals surface area contributed by atoms with Gasteiger partial charge >= 0.3 is 0 Å². The molecule has 0 aliphatic carbocycles. The van der Waals surface area contributed by atoms with Crippen LogP contribution in [0.5, 0.6) is 0 Å². The van der Waals surface area contributed by atoms with E-state index in [1.165, 1.54) is 0 Å². The Bertz CT molecular complexity index is 125. The Balaban J connectivity index is 2.19. The van der Waals surface area contributed by atoms with E-state index in [0.717, 1.165) is 31.0 Å². The summed E-state index contributed by atoms with van der Waals surface area (Å²) in [6.07, 6.45) is 0.924. The van der Waals surface area contributed by atoms with Crippen molar-refractivity contribution in [2.75, 3.05) is 13.2 Å². The molecule has 0 saturated carbocycles. The highest BCUT2D eigenvalue weighted by atomic mass is 16.3. The lowest BCUT2D eigenvalue weighted by Gasteiger charge is -2.03. The Morgan fingerprint density at radius 2 is 2.09 bits per heavy atom. The Morgan fingerprint density at radius 3 is 2.45 bits per heavy atom. The van der Waals surface area contributed by atoms with E-state index >= 15 is 0 Å². The lowest BCUT2D eigenvalue weighted by molar-refractivity contribution is 0.270. The summed E-state index contributed by atoms with van der Waals surface area (Å²) in [6, 6.07) is 1.53. The molecule has 0 spiro atoms. The lowest BCUT2D eigenvalue weighted by atomic mass is 10.1. The standard InChI is InChI=1S/C9H19NO/c1-7(2)9-8(3)10(9)5-4-6-11/h7-9,11H,4-6H2,1-3H3/t8-,9-,10?/m0/s1. The molecule has 1 fully saturated rings. The Hall–Kier alpha value is -0.0800. The number of hydrogen-bond acceptors (Lipinski definition) is 2. The summed E-state index contributed by atoms with van der Waals surface area (Å²) in [5.74, 6) is 0.767. The first-order valence-electron chi connectivity index (χ1n) is 4.55. The summed E-state index contributed by atoms with van der Waals surface area (Å²) < 4.78 is 0. The maximum atomic E-state index is 8.63. The van der Waals surface area contributed by atoms with E-state index in [0.29, 0.717) is 6.61 Å². The van der Waals surface area contributed by atoms with Crippen molar-refractivity contribution in [3.8, 4) is 0 Å². The second kappa shape index (κ2) is 3.55. The van der Waals surface area contributed by atoms with Gasteiger partial charge in [-0.1, -0.05) is 13.8 Å². The van der Waals surface area contributed by atoms with Crippen molar-refractivity contribution >= 4 is 0 Å². The zero-order valence-electron chi connectivity index (χ0n) is 7.75. The predicted molar refractivity (Wildman–Crippen MR) is 46.5 cm³/mol. The minimum Gasteiger partial charge on any atom is -0.396 e. The topological polar surface area (TPSA) is 23.2 Å². The number of hydrogen-bond donors (Lipinski definition) is 1. The molecule has 0 bridgehead atoms. The van der Waals surface area contributed by atoms with Gasteiger partial charge < -0.3 is 5.11 Å². The predicted octanol–water partition coefficient (Wildman–Crippen LogP) is 1.10. The highest BCUT2D eigenvalue weighted by Gasteiger charge is 2.44. The summed E-state index contributed by atoms with van der Waals surface area (Å²) in [7, 11) is 0. The van der Waals surface area contributed by atoms with Crippen LogP contribution in [0, 0.1) is 5.92 Å². The van der Waals surface area contributed by atoms with Crippen LogP contribution in [0.4, 0.5) is 0 Å². The molecule has 1 N–H and O–H groups in total. The first kappa shape index (κ1) is 9.01. The SMILES string of the molecule is CC(C)[C@H]1[C@H](C)N1CCCO. The van der Waals surface area contributed by atoms with Crippen LogP contribution in [0.2, 0.25) is 0 Å². The first-order chi connectivity index (χ1) is 5.18. The van der Waals surface area contributed by atoms with Gasteiger partial charge in [0.2, 0.25) is 0 Å². The van der Waals surface area contributed by atoms with Crippen LogP contribution in [0.25, 0.3) is 0 Å². The largest absolute Gasteiger partial charge is 0.396 e. The highest BCUT2D eigenvalue weighted by molar-refractivity contribution is 5.00. The van der Waals surface area contributed by atoms with Crippen molar-refractivity contribution < 1.29 is 5.11 Å². The third kappa shape index (κ3) is 1.94. The van der Waals surface area contributed by atoms with Crippen LogP contribution in [-0.2, 0) is 0 Å². The molecule has 1 unspecified atom stereocenters. The van der Waals surface area contributed by atoms with Crippen molar-refractivity contribution in [3.63, 3.8) is 0 Å². The molecule has 0 radical (unpaired) electrons. The molecule has 3 atom stereocenters. The van der Waals surface area contributed by atoms with Crippen LogP contribution in [0.3, 0.4) is 0 Å². The molecule has 1 rings (SSSR count). The fraction of sp³-hybridized carbons (Fsp3) is 1.00. The fourth-order valence-corrected chi connectivity index (χ4v) is 1.98. The average Bonchev–Trinajstić information content (AvgIpc) is 2.57. The van der Waals surface area contributed by atoms with E-state index in [2.05, 4.69) is 25.7 Å². The van der Waals surface area contributed by atoms with E-state index in [1.54, 1.807) is 0 Å². The van der Waals surface area contributed by atoms with Crippen LogP contribution in [-0.4, -0.2) is 35.2 Å². The molecule has 1 aliphatic heterocycles. The van der Waals surface area contributed by atoms with Gasteiger partial charge in [0, 0.05) is 25.2 Å². The molecule has 1 aliphatic rings. The second-order valence-electron chi connectivity index (χ2n) is 3.79. The Morgan fingerprint density at radius 1 is 1.45 bits per heavy atom. The molecule has 0 aromatic rings. The van der Waals surface area contributed by atoms with Gasteiger partial charge in [-0.3, -0.25) is 4.90 Å². The van der Waals surface area contributed by atoms with Crippen LogP contribution in [0.15, 0.2) is 0 Å². The zero-order valence-corrected chi connectivity index (χ0v) is 7.75. The molecular formula is C9H19NO. The fourth-order valence-electron chi connectivity index (χ4n) is 1.98.